The molecule has 0 aromatic carbocycles. The van der Waals surface area contributed by atoms with Crippen molar-refractivity contribution in [3.8, 4) is 0 Å². The average Bonchev–Trinajstić information content (AvgIpc) is 0. The fourth-order valence-corrected chi connectivity index (χ4v) is 0. The maximum absolute atomic E-state index is 0. The van der Waals surface area contributed by atoms with Crippen LogP contribution in [0.3, 0.4) is 0 Å². The van der Waals surface area contributed by atoms with Gasteiger partial charge in [0.1, 0.15) is 0 Å². The Hall–Kier alpha value is 0.422. The summed E-state index contributed by atoms with van der Waals surface area (Å²) < 4.78 is 0. The fraction of sp³-hybridized carbons (Fsp3) is 0. The van der Waals surface area contributed by atoms with Gasteiger partial charge in [0.2, 0.25) is 0 Å². The van der Waals surface area contributed by atoms with Gasteiger partial charge in [-0.3, -0.25) is 0 Å². The molecule has 0 atom stereocenters. The second-order valence-electron chi connectivity index (χ2n) is 0. The topological polar surface area (TPSA) is 200 Å². The van der Waals surface area contributed by atoms with E-state index in [0.29, 0.717) is 0 Å². The van der Waals surface area contributed by atoms with Crippen LogP contribution in [0, 0.1) is 0 Å². The molecule has 0 aliphatic heterocycles. The summed E-state index contributed by atoms with van der Waals surface area (Å²) in [5, 5.41) is 0. The van der Waals surface area contributed by atoms with Gasteiger partial charge >= 0.3 is 20.4 Å². The Morgan fingerprint density at radius 3 is 0.429 bits per heavy atom. The first-order valence-corrected chi connectivity index (χ1v) is 0. The quantitative estimate of drug-likeness (QED) is 0.412. The van der Waals surface area contributed by atoms with Gasteiger partial charge in [-0.2, -0.15) is 0 Å². The van der Waals surface area contributed by atoms with Crippen molar-refractivity contribution in [2.24, 2.45) is 0 Å². The molecule has 0 fully saturated rings. The molecular formula is H14N4O2Pd. The Kier molecular flexibility index (Phi) is 260000. The van der Waals surface area contributed by atoms with E-state index in [-0.39, 0.29) is 56.0 Å². The molecule has 14 N–H and O–H groups in total. The molecule has 6 nitrogen and oxygen atoms in total. The first-order chi connectivity index (χ1) is 0. The molecule has 0 unspecified atom stereocenters. The zero-order chi connectivity index (χ0) is 0. The zero-order valence-electron chi connectivity index (χ0n) is 4.04. The van der Waals surface area contributed by atoms with Gasteiger partial charge in [0.05, 0.1) is 0 Å². The molecule has 0 aliphatic carbocycles. The van der Waals surface area contributed by atoms with Crippen LogP contribution in [0.15, 0.2) is 0 Å². The van der Waals surface area contributed by atoms with E-state index in [4.69, 9.17) is 0 Å². The molecule has 56 valence electrons. The van der Waals surface area contributed by atoms with E-state index in [1.807, 2.05) is 0 Å². The van der Waals surface area contributed by atoms with Gasteiger partial charge in [-0.25, -0.2) is 0 Å². The summed E-state index contributed by atoms with van der Waals surface area (Å²) in [6.07, 6.45) is 0. The van der Waals surface area contributed by atoms with Crippen molar-refractivity contribution in [3.05, 3.63) is 0 Å². The van der Waals surface area contributed by atoms with Crippen LogP contribution in [0.5, 0.6) is 0 Å². The molecule has 0 radical (unpaired) electrons. The predicted octanol–water partition coefficient (Wildman–Crippen LogP) is 0.292. The van der Waals surface area contributed by atoms with Crippen LogP contribution >= 0.6 is 0 Å². The van der Waals surface area contributed by atoms with Gasteiger partial charge in [-0.1, -0.05) is 0 Å². The Morgan fingerprint density at radius 1 is 0.429 bits per heavy atom. The van der Waals surface area contributed by atoms with Gasteiger partial charge in [-0.15, -0.1) is 0 Å². The van der Waals surface area contributed by atoms with Crippen LogP contribution in [0.25, 0.3) is 0 Å². The average molecular weight is 209 g/mol. The molecule has 0 aliphatic rings. The van der Waals surface area contributed by atoms with E-state index in [1.54, 1.807) is 0 Å². The summed E-state index contributed by atoms with van der Waals surface area (Å²) in [5.41, 5.74) is 0. The standard InChI is InChI=1S/4H3N.2H2O.Pd/h4*1H3;2*1H2;/q;;;;;;+2/p-2. The van der Waals surface area contributed by atoms with Gasteiger partial charge in [0.25, 0.3) is 0 Å². The van der Waals surface area contributed by atoms with Gasteiger partial charge in [0, 0.05) is 0 Å². The molecule has 0 aromatic heterocycles. The summed E-state index contributed by atoms with van der Waals surface area (Å²) in [5.74, 6) is 0. The fourth-order valence-electron chi connectivity index (χ4n) is 0. The molecule has 7 heteroatoms. The van der Waals surface area contributed by atoms with Crippen molar-refractivity contribution in [1.29, 1.82) is 0 Å². The van der Waals surface area contributed by atoms with E-state index < -0.39 is 0 Å². The van der Waals surface area contributed by atoms with Crippen LogP contribution in [-0.4, -0.2) is 11.0 Å². The minimum Gasteiger partial charge on any atom is -0.870 e. The molecule has 0 heterocycles. The van der Waals surface area contributed by atoms with Crippen molar-refractivity contribution >= 4 is 0 Å². The van der Waals surface area contributed by atoms with Gasteiger partial charge in [0.15, 0.2) is 0 Å². The number of rotatable bonds is 0. The van der Waals surface area contributed by atoms with E-state index >= 15 is 0 Å². The molecule has 0 saturated carbocycles. The summed E-state index contributed by atoms with van der Waals surface area (Å²) >= 11 is 0. The largest absolute Gasteiger partial charge is 2.00 e. The Bertz CT molecular complexity index is 9.65. The minimum atomic E-state index is 0. The van der Waals surface area contributed by atoms with Crippen LogP contribution in [-0.2, 0) is 20.4 Å². The van der Waals surface area contributed by atoms with Crippen molar-refractivity contribution < 1.29 is 31.4 Å². The normalized spacial score (nSPS) is 0. The van der Waals surface area contributed by atoms with Gasteiger partial charge in [-0.05, 0) is 0 Å². The third-order valence-electron chi connectivity index (χ3n) is 0. The third kappa shape index (κ3) is 704. The van der Waals surface area contributed by atoms with Crippen molar-refractivity contribution in [2.75, 3.05) is 0 Å². The maximum atomic E-state index is 0. The molecule has 0 saturated heterocycles. The molecule has 0 amide bonds. The molecule has 7 heavy (non-hydrogen) atoms. The van der Waals surface area contributed by atoms with Crippen LogP contribution in [0.4, 0.5) is 0 Å². The van der Waals surface area contributed by atoms with Crippen molar-refractivity contribution in [1.82, 2.24) is 24.6 Å². The first-order valence-electron chi connectivity index (χ1n) is 0. The summed E-state index contributed by atoms with van der Waals surface area (Å²) in [4.78, 5) is 0. The minimum absolute atomic E-state index is 0. The second-order valence-corrected chi connectivity index (χ2v) is 0. The summed E-state index contributed by atoms with van der Waals surface area (Å²) in [6.45, 7) is 0. The van der Waals surface area contributed by atoms with E-state index in [2.05, 4.69) is 0 Å². The molecule has 0 bridgehead atoms. The van der Waals surface area contributed by atoms with E-state index in [0.717, 1.165) is 0 Å². The van der Waals surface area contributed by atoms with Crippen LogP contribution in [0.1, 0.15) is 0 Å². The Labute approximate surface area is 56.7 Å². The van der Waals surface area contributed by atoms with Crippen molar-refractivity contribution in [3.63, 3.8) is 0 Å². The predicted molar refractivity (Wildman–Crippen MR) is 24.0 cm³/mol. The van der Waals surface area contributed by atoms with E-state index in [9.17, 15) is 0 Å². The van der Waals surface area contributed by atoms with Crippen molar-refractivity contribution in [2.45, 2.75) is 0 Å². The van der Waals surface area contributed by atoms with Gasteiger partial charge < -0.3 is 35.6 Å². The first kappa shape index (κ1) is 1720. The zero-order valence-corrected chi connectivity index (χ0v) is 5.59. The maximum Gasteiger partial charge on any atom is 2.00 e. The van der Waals surface area contributed by atoms with E-state index in [1.165, 1.54) is 0 Å². The molecule has 0 spiro atoms. The SMILES string of the molecule is N.N.N.N.[OH-].[OH-].[Pd+2]. The smallest absolute Gasteiger partial charge is 0.870 e. The number of hydrogen-bond donors (Lipinski definition) is 4. The second kappa shape index (κ2) is 1060. The Balaban J connectivity index is 0. The number of hydrogen-bond acceptors (Lipinski definition) is 6. The molecule has 0 aromatic rings. The summed E-state index contributed by atoms with van der Waals surface area (Å²) in [6, 6.07) is 0. The third-order valence-corrected chi connectivity index (χ3v) is 0. The molecular weight excluding hydrogens is 194 g/mol. The Morgan fingerprint density at radius 2 is 0.429 bits per heavy atom. The van der Waals surface area contributed by atoms with Crippen LogP contribution < -0.4 is 24.6 Å². The summed E-state index contributed by atoms with van der Waals surface area (Å²) in [7, 11) is 0. The monoisotopic (exact) mass is 208 g/mol. The molecule has 0 rings (SSSR count). The van der Waals surface area contributed by atoms with Crippen LogP contribution in [0.2, 0.25) is 0 Å².